The molecule has 0 aliphatic heterocycles. The minimum absolute atomic E-state index is 0.0382. The molecule has 14 heavy (non-hydrogen) atoms. The summed E-state index contributed by atoms with van der Waals surface area (Å²) in [6.07, 6.45) is 1.68. The van der Waals surface area contributed by atoms with Crippen LogP contribution in [-0.4, -0.2) is 11.0 Å². The van der Waals surface area contributed by atoms with E-state index in [2.05, 4.69) is 4.98 Å². The van der Waals surface area contributed by atoms with Gasteiger partial charge in [-0.2, -0.15) is 0 Å². The van der Waals surface area contributed by atoms with Crippen molar-refractivity contribution >= 4 is 16.9 Å². The van der Waals surface area contributed by atoms with Gasteiger partial charge in [0.2, 0.25) is 0 Å². The van der Waals surface area contributed by atoms with Gasteiger partial charge in [0.05, 0.1) is 0 Å². The van der Waals surface area contributed by atoms with Crippen molar-refractivity contribution in [3.05, 3.63) is 35.5 Å². The number of fused-ring (bicyclic) bond motifs is 1. The van der Waals surface area contributed by atoms with Crippen LogP contribution in [0.25, 0.3) is 10.9 Å². The predicted octanol–water partition coefficient (Wildman–Crippen LogP) is 0.769. The summed E-state index contributed by atoms with van der Waals surface area (Å²) in [5.41, 5.74) is 2.87. The second-order valence-electron chi connectivity index (χ2n) is 3.41. The number of H-pyrrole nitrogens is 1. The highest BCUT2D eigenvalue weighted by Gasteiger charge is 2.03. The van der Waals surface area contributed by atoms with Crippen LogP contribution >= 0.6 is 0 Å². The summed E-state index contributed by atoms with van der Waals surface area (Å²) in [6.45, 7) is 1.98. The average Bonchev–Trinajstić information content (AvgIpc) is 2.47. The molecule has 0 atom stereocenters. The fourth-order valence-corrected chi connectivity index (χ4v) is 1.59. The van der Waals surface area contributed by atoms with Crippen molar-refractivity contribution in [3.63, 3.8) is 0 Å². The lowest BCUT2D eigenvalue weighted by Crippen LogP contribution is -2.24. The molecule has 1 N–H and O–H groups in total. The summed E-state index contributed by atoms with van der Waals surface area (Å²) in [6, 6.07) is 5.91. The van der Waals surface area contributed by atoms with Crippen molar-refractivity contribution < 1.29 is 9.90 Å². The van der Waals surface area contributed by atoms with E-state index in [9.17, 15) is 9.90 Å². The largest absolute Gasteiger partial charge is 0.550 e. The molecule has 0 fully saturated rings. The van der Waals surface area contributed by atoms with Crippen LogP contribution in [0.3, 0.4) is 0 Å². The van der Waals surface area contributed by atoms with Gasteiger partial charge in [-0.25, -0.2) is 0 Å². The molecule has 0 amide bonds. The van der Waals surface area contributed by atoms with Gasteiger partial charge in [0.1, 0.15) is 0 Å². The number of hydrogen-bond donors (Lipinski definition) is 1. The molecule has 72 valence electrons. The maximum atomic E-state index is 10.5. The maximum absolute atomic E-state index is 10.5. The van der Waals surface area contributed by atoms with Gasteiger partial charge in [0, 0.05) is 29.5 Å². The van der Waals surface area contributed by atoms with Crippen LogP contribution in [0.15, 0.2) is 24.4 Å². The molecule has 1 aromatic carbocycles. The summed E-state index contributed by atoms with van der Waals surface area (Å²) in [5.74, 6) is -1.05. The molecule has 1 aromatic heterocycles. The van der Waals surface area contributed by atoms with Gasteiger partial charge in [0.25, 0.3) is 0 Å². The summed E-state index contributed by atoms with van der Waals surface area (Å²) >= 11 is 0. The number of benzene rings is 1. The zero-order valence-electron chi connectivity index (χ0n) is 7.83. The van der Waals surface area contributed by atoms with Gasteiger partial charge in [-0.05, 0) is 24.6 Å². The van der Waals surface area contributed by atoms with Gasteiger partial charge < -0.3 is 14.9 Å². The molecule has 0 bridgehead atoms. The first-order valence-electron chi connectivity index (χ1n) is 4.43. The van der Waals surface area contributed by atoms with Crippen LogP contribution in [0, 0.1) is 6.92 Å². The second kappa shape index (κ2) is 3.18. The average molecular weight is 188 g/mol. The number of hydrogen-bond acceptors (Lipinski definition) is 2. The molecule has 0 aliphatic rings. The van der Waals surface area contributed by atoms with E-state index < -0.39 is 5.97 Å². The van der Waals surface area contributed by atoms with E-state index >= 15 is 0 Å². The van der Waals surface area contributed by atoms with E-state index in [-0.39, 0.29) is 6.42 Å². The number of nitrogens with one attached hydrogen (secondary N) is 1. The highest BCUT2D eigenvalue weighted by atomic mass is 16.4. The fraction of sp³-hybridized carbons (Fsp3) is 0.182. The number of carboxylic acids is 1. The van der Waals surface area contributed by atoms with Crippen molar-refractivity contribution in [1.82, 2.24) is 4.98 Å². The monoisotopic (exact) mass is 188 g/mol. The molecule has 0 unspecified atom stereocenters. The van der Waals surface area contributed by atoms with Gasteiger partial charge in [-0.15, -0.1) is 0 Å². The highest BCUT2D eigenvalue weighted by Crippen LogP contribution is 2.19. The number of aliphatic carboxylic acids is 1. The lowest BCUT2D eigenvalue weighted by Gasteiger charge is -2.00. The van der Waals surface area contributed by atoms with Crippen LogP contribution in [-0.2, 0) is 11.2 Å². The van der Waals surface area contributed by atoms with Crippen molar-refractivity contribution in [2.45, 2.75) is 13.3 Å². The third-order valence-corrected chi connectivity index (χ3v) is 2.26. The minimum atomic E-state index is -1.05. The molecule has 0 spiro atoms. The van der Waals surface area contributed by atoms with Crippen molar-refractivity contribution in [1.29, 1.82) is 0 Å². The smallest absolute Gasteiger partial charge is 0.0459 e. The lowest BCUT2D eigenvalue weighted by molar-refractivity contribution is -0.304. The normalized spacial score (nSPS) is 10.6. The van der Waals surface area contributed by atoms with E-state index in [0.29, 0.717) is 0 Å². The van der Waals surface area contributed by atoms with E-state index in [4.69, 9.17) is 0 Å². The van der Waals surface area contributed by atoms with Crippen molar-refractivity contribution in [2.75, 3.05) is 0 Å². The molecule has 3 heteroatoms. The van der Waals surface area contributed by atoms with Gasteiger partial charge in [-0.1, -0.05) is 11.6 Å². The number of aromatic nitrogens is 1. The molecule has 3 nitrogen and oxygen atoms in total. The van der Waals surface area contributed by atoms with Crippen LogP contribution in [0.5, 0.6) is 0 Å². The molecule has 1 heterocycles. The first-order chi connectivity index (χ1) is 6.66. The summed E-state index contributed by atoms with van der Waals surface area (Å²) in [7, 11) is 0. The standard InChI is InChI=1S/C11H11NO2/c1-7-2-3-10-9(4-7)8(6-12-10)5-11(13)14/h2-4,6,12H,5H2,1H3,(H,13,14)/p-1. The van der Waals surface area contributed by atoms with Crippen LogP contribution < -0.4 is 5.11 Å². The van der Waals surface area contributed by atoms with Gasteiger partial charge in [0.15, 0.2) is 0 Å². The molecule has 0 aliphatic carbocycles. The lowest BCUT2D eigenvalue weighted by atomic mass is 10.1. The Morgan fingerprint density at radius 2 is 2.29 bits per heavy atom. The van der Waals surface area contributed by atoms with Gasteiger partial charge >= 0.3 is 0 Å². The predicted molar refractivity (Wildman–Crippen MR) is 51.7 cm³/mol. The third kappa shape index (κ3) is 1.48. The number of aromatic amines is 1. The van der Waals surface area contributed by atoms with E-state index in [1.54, 1.807) is 6.20 Å². The Kier molecular flexibility index (Phi) is 2.00. The Bertz CT molecular complexity index is 485. The van der Waals surface area contributed by atoms with Crippen LogP contribution in [0.2, 0.25) is 0 Å². The molecule has 0 radical (unpaired) electrons. The fourth-order valence-electron chi connectivity index (χ4n) is 1.59. The summed E-state index contributed by atoms with van der Waals surface area (Å²) < 4.78 is 0. The molecule has 2 rings (SSSR count). The molecule has 2 aromatic rings. The number of carbonyl (C=O) groups excluding carboxylic acids is 1. The topological polar surface area (TPSA) is 55.9 Å². The molecule has 0 saturated heterocycles. The summed E-state index contributed by atoms with van der Waals surface area (Å²) in [5, 5.41) is 11.4. The van der Waals surface area contributed by atoms with Gasteiger partial charge in [-0.3, -0.25) is 0 Å². The van der Waals surface area contributed by atoms with Crippen LogP contribution in [0.4, 0.5) is 0 Å². The highest BCUT2D eigenvalue weighted by molar-refractivity contribution is 5.87. The number of carbonyl (C=O) groups is 1. The second-order valence-corrected chi connectivity index (χ2v) is 3.41. The molecular weight excluding hydrogens is 178 g/mol. The SMILES string of the molecule is Cc1ccc2[nH]cc(CC(=O)[O-])c2c1. The number of carboxylic acid groups (broad SMARTS) is 1. The minimum Gasteiger partial charge on any atom is -0.550 e. The van der Waals surface area contributed by atoms with Crippen molar-refractivity contribution in [2.24, 2.45) is 0 Å². The first-order valence-corrected chi connectivity index (χ1v) is 4.43. The van der Waals surface area contributed by atoms with Crippen LogP contribution in [0.1, 0.15) is 11.1 Å². The zero-order chi connectivity index (χ0) is 10.1. The zero-order valence-corrected chi connectivity index (χ0v) is 7.83. The Morgan fingerprint density at radius 3 is 3.00 bits per heavy atom. The Hall–Kier alpha value is -1.77. The Labute approximate surface area is 81.4 Å². The first kappa shape index (κ1) is 8.81. The quantitative estimate of drug-likeness (QED) is 0.756. The summed E-state index contributed by atoms with van der Waals surface area (Å²) in [4.78, 5) is 13.5. The Morgan fingerprint density at radius 1 is 1.50 bits per heavy atom. The van der Waals surface area contributed by atoms with E-state index in [1.165, 1.54) is 0 Å². The number of aryl methyl sites for hydroxylation is 1. The van der Waals surface area contributed by atoms with E-state index in [0.717, 1.165) is 22.0 Å². The van der Waals surface area contributed by atoms with Crippen molar-refractivity contribution in [3.8, 4) is 0 Å². The molecule has 0 saturated carbocycles. The van der Waals surface area contributed by atoms with E-state index in [1.807, 2.05) is 25.1 Å². The third-order valence-electron chi connectivity index (χ3n) is 2.26. The Balaban J connectivity index is 2.55. The number of rotatable bonds is 2. The maximum Gasteiger partial charge on any atom is 0.0459 e. The molecular formula is C11H10NO2-.